The van der Waals surface area contributed by atoms with E-state index < -0.39 is 29.6 Å². The fourth-order valence-electron chi connectivity index (χ4n) is 4.20. The summed E-state index contributed by atoms with van der Waals surface area (Å²) >= 11 is 0. The first-order valence-electron chi connectivity index (χ1n) is 7.74. The quantitative estimate of drug-likeness (QED) is 0.887. The number of likely N-dealkylation sites (tertiary alicyclic amines) is 1. The molecule has 5 nitrogen and oxygen atoms in total. The number of piperidine rings is 1. The number of fused-ring (bicyclic) bond motifs is 2. The topological polar surface area (TPSA) is 73.4 Å². The lowest BCUT2D eigenvalue weighted by molar-refractivity contribution is -0.142. The molecule has 2 aromatic rings. The first kappa shape index (κ1) is 15.1. The molecule has 4 rings (SSSR count). The van der Waals surface area contributed by atoms with Gasteiger partial charge in [0.1, 0.15) is 23.4 Å². The number of halogens is 2. The number of hydrogen-bond acceptors (Lipinski definition) is 2. The standard InChI is InChI=1S/C17H16F2N2O3/c1-17(2)8-6-21(14(12(8)17)16(23)24)15(22)11-5-7-9(18)3-4-10(19)13(7)20-11/h3-5,8,12,14,20H,6H2,1-2H3,(H,23,24)/t8-,12-,14-/m0/s1. The van der Waals surface area contributed by atoms with Crippen molar-refractivity contribution in [2.24, 2.45) is 17.3 Å². The summed E-state index contributed by atoms with van der Waals surface area (Å²) in [5.74, 6) is -2.83. The van der Waals surface area contributed by atoms with Crippen molar-refractivity contribution in [2.45, 2.75) is 19.9 Å². The van der Waals surface area contributed by atoms with Gasteiger partial charge in [-0.1, -0.05) is 13.8 Å². The minimum atomic E-state index is -1.05. The first-order chi connectivity index (χ1) is 11.2. The molecule has 0 radical (unpaired) electrons. The number of carboxylic acid groups (broad SMARTS) is 1. The van der Waals surface area contributed by atoms with Crippen molar-refractivity contribution in [2.75, 3.05) is 6.54 Å². The van der Waals surface area contributed by atoms with Crippen LogP contribution in [-0.4, -0.2) is 39.5 Å². The van der Waals surface area contributed by atoms with Crippen LogP contribution in [0.3, 0.4) is 0 Å². The highest BCUT2D eigenvalue weighted by molar-refractivity contribution is 6.00. The van der Waals surface area contributed by atoms with Crippen molar-refractivity contribution in [3.8, 4) is 0 Å². The smallest absolute Gasteiger partial charge is 0.326 e. The molecule has 1 aliphatic carbocycles. The summed E-state index contributed by atoms with van der Waals surface area (Å²) in [7, 11) is 0. The Morgan fingerprint density at radius 1 is 1.29 bits per heavy atom. The van der Waals surface area contributed by atoms with Gasteiger partial charge in [-0.05, 0) is 29.5 Å². The van der Waals surface area contributed by atoms with Crippen LogP contribution in [0.15, 0.2) is 18.2 Å². The van der Waals surface area contributed by atoms with Gasteiger partial charge in [0, 0.05) is 17.8 Å². The van der Waals surface area contributed by atoms with E-state index in [1.807, 2.05) is 13.8 Å². The number of amides is 1. The highest BCUT2D eigenvalue weighted by Crippen LogP contribution is 2.64. The summed E-state index contributed by atoms with van der Waals surface area (Å²) in [4.78, 5) is 28.2. The van der Waals surface area contributed by atoms with Crippen molar-refractivity contribution in [3.05, 3.63) is 35.5 Å². The van der Waals surface area contributed by atoms with Crippen molar-refractivity contribution in [1.82, 2.24) is 9.88 Å². The number of aromatic nitrogens is 1. The predicted octanol–water partition coefficient (Wildman–Crippen LogP) is 2.63. The monoisotopic (exact) mass is 334 g/mol. The summed E-state index contributed by atoms with van der Waals surface area (Å²) in [6, 6.07) is 2.31. The zero-order valence-electron chi connectivity index (χ0n) is 13.1. The maximum atomic E-state index is 13.8. The van der Waals surface area contributed by atoms with Crippen LogP contribution in [0.25, 0.3) is 10.9 Å². The Morgan fingerprint density at radius 3 is 2.58 bits per heavy atom. The van der Waals surface area contributed by atoms with Crippen LogP contribution < -0.4 is 0 Å². The summed E-state index contributed by atoms with van der Waals surface area (Å²) in [6.45, 7) is 4.33. The zero-order valence-corrected chi connectivity index (χ0v) is 13.1. The molecule has 2 fully saturated rings. The molecule has 0 spiro atoms. The van der Waals surface area contributed by atoms with Crippen LogP contribution >= 0.6 is 0 Å². The third-order valence-electron chi connectivity index (χ3n) is 5.64. The number of benzene rings is 1. The molecule has 2 heterocycles. The molecular weight excluding hydrogens is 318 g/mol. The largest absolute Gasteiger partial charge is 0.480 e. The summed E-state index contributed by atoms with van der Waals surface area (Å²) in [5, 5.41) is 9.49. The molecular formula is C17H16F2N2O3. The van der Waals surface area contributed by atoms with E-state index in [1.165, 1.54) is 11.0 Å². The van der Waals surface area contributed by atoms with E-state index in [0.717, 1.165) is 12.1 Å². The molecule has 3 atom stereocenters. The average molecular weight is 334 g/mol. The van der Waals surface area contributed by atoms with Crippen molar-refractivity contribution < 1.29 is 23.5 Å². The van der Waals surface area contributed by atoms with Gasteiger partial charge in [-0.2, -0.15) is 0 Å². The van der Waals surface area contributed by atoms with E-state index in [0.29, 0.717) is 6.54 Å². The Hall–Kier alpha value is -2.44. The Balaban J connectivity index is 1.71. The van der Waals surface area contributed by atoms with Gasteiger partial charge in [-0.15, -0.1) is 0 Å². The number of nitrogens with one attached hydrogen (secondary N) is 1. The van der Waals surface area contributed by atoms with Crippen LogP contribution in [0.1, 0.15) is 24.3 Å². The maximum Gasteiger partial charge on any atom is 0.326 e. The van der Waals surface area contributed by atoms with Crippen LogP contribution in [0.4, 0.5) is 8.78 Å². The zero-order chi connectivity index (χ0) is 17.4. The van der Waals surface area contributed by atoms with Gasteiger partial charge in [-0.3, -0.25) is 4.79 Å². The van der Waals surface area contributed by atoms with Gasteiger partial charge in [-0.25, -0.2) is 13.6 Å². The van der Waals surface area contributed by atoms with Crippen LogP contribution in [0.2, 0.25) is 0 Å². The number of carbonyl (C=O) groups is 2. The van der Waals surface area contributed by atoms with Crippen molar-refractivity contribution >= 4 is 22.8 Å². The molecule has 2 N–H and O–H groups in total. The molecule has 24 heavy (non-hydrogen) atoms. The second kappa shape index (κ2) is 4.55. The van der Waals surface area contributed by atoms with E-state index in [2.05, 4.69) is 4.98 Å². The third kappa shape index (κ3) is 1.84. The number of aliphatic carboxylic acids is 1. The summed E-state index contributed by atoms with van der Waals surface area (Å²) in [6.07, 6.45) is 0. The normalized spacial score (nSPS) is 27.3. The maximum absolute atomic E-state index is 13.8. The molecule has 1 aromatic carbocycles. The highest BCUT2D eigenvalue weighted by atomic mass is 19.1. The number of aromatic amines is 1. The highest BCUT2D eigenvalue weighted by Gasteiger charge is 2.69. The molecule has 2 aliphatic rings. The Morgan fingerprint density at radius 2 is 1.96 bits per heavy atom. The van der Waals surface area contributed by atoms with E-state index in [4.69, 9.17) is 0 Å². The van der Waals surface area contributed by atoms with Gasteiger partial charge < -0.3 is 15.0 Å². The molecule has 1 aliphatic heterocycles. The van der Waals surface area contributed by atoms with Crippen molar-refractivity contribution in [3.63, 3.8) is 0 Å². The number of hydrogen-bond donors (Lipinski definition) is 2. The van der Waals surface area contributed by atoms with Gasteiger partial charge in [0.25, 0.3) is 5.91 Å². The number of nitrogens with zero attached hydrogens (tertiary/aromatic N) is 1. The average Bonchev–Trinajstić information content (AvgIpc) is 2.97. The Kier molecular flexibility index (Phi) is 2.87. The molecule has 1 saturated heterocycles. The number of carboxylic acids is 1. The van der Waals surface area contributed by atoms with Crippen molar-refractivity contribution in [1.29, 1.82) is 0 Å². The Bertz CT molecular complexity index is 850. The van der Waals surface area contributed by atoms with E-state index in [9.17, 15) is 23.5 Å². The predicted molar refractivity (Wildman–Crippen MR) is 81.4 cm³/mol. The van der Waals surface area contributed by atoms with Crippen LogP contribution in [0.5, 0.6) is 0 Å². The van der Waals surface area contributed by atoms with E-state index in [1.54, 1.807) is 0 Å². The summed E-state index contributed by atoms with van der Waals surface area (Å²) < 4.78 is 27.6. The molecule has 0 bridgehead atoms. The number of H-pyrrole nitrogens is 1. The van der Waals surface area contributed by atoms with E-state index in [-0.39, 0.29) is 33.8 Å². The number of rotatable bonds is 2. The summed E-state index contributed by atoms with van der Waals surface area (Å²) in [5.41, 5.74) is -0.187. The molecule has 1 amide bonds. The molecule has 1 aromatic heterocycles. The minimum Gasteiger partial charge on any atom is -0.480 e. The third-order valence-corrected chi connectivity index (χ3v) is 5.64. The lowest BCUT2D eigenvalue weighted by Gasteiger charge is -2.27. The molecule has 126 valence electrons. The van der Waals surface area contributed by atoms with Gasteiger partial charge >= 0.3 is 5.97 Å². The number of carbonyl (C=O) groups excluding carboxylic acids is 1. The van der Waals surface area contributed by atoms with Gasteiger partial charge in [0.15, 0.2) is 0 Å². The van der Waals surface area contributed by atoms with Crippen LogP contribution in [-0.2, 0) is 4.79 Å². The SMILES string of the molecule is CC1(C)[C@@H]2[C@@H](C(=O)O)N(C(=O)c3cc4c(F)ccc(F)c4[nH]3)C[C@@H]21. The second-order valence-electron chi connectivity index (χ2n) is 7.20. The molecule has 7 heteroatoms. The second-order valence-corrected chi connectivity index (χ2v) is 7.20. The lowest BCUT2D eigenvalue weighted by atomic mass is 10.0. The minimum absolute atomic E-state index is 0.000596. The fourth-order valence-corrected chi connectivity index (χ4v) is 4.20. The first-order valence-corrected chi connectivity index (χ1v) is 7.74. The van der Waals surface area contributed by atoms with Gasteiger partial charge in [0.05, 0.1) is 5.52 Å². The van der Waals surface area contributed by atoms with Crippen LogP contribution in [0, 0.1) is 28.9 Å². The van der Waals surface area contributed by atoms with Gasteiger partial charge in [0.2, 0.25) is 0 Å². The Labute approximate surface area is 136 Å². The van der Waals surface area contributed by atoms with E-state index >= 15 is 0 Å². The molecule has 1 saturated carbocycles. The lowest BCUT2D eigenvalue weighted by Crippen LogP contribution is -2.45. The fraction of sp³-hybridized carbons (Fsp3) is 0.412. The molecule has 0 unspecified atom stereocenters.